The summed E-state index contributed by atoms with van der Waals surface area (Å²) in [6.45, 7) is 0.977. The Labute approximate surface area is 144 Å². The van der Waals surface area contributed by atoms with Gasteiger partial charge in [-0.1, -0.05) is 6.07 Å². The van der Waals surface area contributed by atoms with E-state index in [1.807, 2.05) is 0 Å². The van der Waals surface area contributed by atoms with Crippen LogP contribution in [-0.4, -0.2) is 51.0 Å². The summed E-state index contributed by atoms with van der Waals surface area (Å²) in [4.78, 5) is 30.2. The number of nitrogens with one attached hydrogen (secondary N) is 1. The van der Waals surface area contributed by atoms with Crippen LogP contribution in [0.15, 0.2) is 42.6 Å². The predicted molar refractivity (Wildman–Crippen MR) is 90.4 cm³/mol. The molecule has 0 spiro atoms. The van der Waals surface area contributed by atoms with Gasteiger partial charge in [-0.25, -0.2) is 0 Å². The van der Waals surface area contributed by atoms with E-state index in [2.05, 4.69) is 10.3 Å². The van der Waals surface area contributed by atoms with Crippen molar-refractivity contribution in [3.8, 4) is 11.5 Å². The van der Waals surface area contributed by atoms with Gasteiger partial charge in [-0.3, -0.25) is 14.6 Å². The van der Waals surface area contributed by atoms with Crippen molar-refractivity contribution in [2.75, 3.05) is 13.1 Å². The number of aromatic hydroxyl groups is 2. The number of carbonyl (C=O) groups excluding carboxylic acids is 2. The van der Waals surface area contributed by atoms with E-state index in [0.717, 1.165) is 0 Å². The lowest BCUT2D eigenvalue weighted by Gasteiger charge is -2.32. The van der Waals surface area contributed by atoms with Crippen molar-refractivity contribution < 1.29 is 19.8 Å². The van der Waals surface area contributed by atoms with Crippen molar-refractivity contribution in [3.63, 3.8) is 0 Å². The molecule has 0 atom stereocenters. The van der Waals surface area contributed by atoms with Gasteiger partial charge in [-0.15, -0.1) is 0 Å². The molecular weight excluding hydrogens is 322 g/mol. The van der Waals surface area contributed by atoms with E-state index in [1.165, 1.54) is 18.2 Å². The van der Waals surface area contributed by atoms with E-state index in [-0.39, 0.29) is 34.9 Å². The lowest BCUT2D eigenvalue weighted by Crippen LogP contribution is -2.46. The maximum atomic E-state index is 12.5. The molecule has 25 heavy (non-hydrogen) atoms. The molecule has 0 bridgehead atoms. The number of nitrogens with zero attached hydrogens (tertiary/aromatic N) is 2. The quantitative estimate of drug-likeness (QED) is 0.786. The number of aromatic nitrogens is 1. The van der Waals surface area contributed by atoms with E-state index in [1.54, 1.807) is 29.3 Å². The molecule has 0 saturated carbocycles. The molecule has 0 radical (unpaired) electrons. The number of rotatable bonds is 3. The summed E-state index contributed by atoms with van der Waals surface area (Å²) in [7, 11) is 0. The molecule has 2 aromatic rings. The Morgan fingerprint density at radius 3 is 2.36 bits per heavy atom. The second-order valence-corrected chi connectivity index (χ2v) is 5.99. The van der Waals surface area contributed by atoms with Gasteiger partial charge >= 0.3 is 0 Å². The average Bonchev–Trinajstić information content (AvgIpc) is 2.61. The van der Waals surface area contributed by atoms with Crippen molar-refractivity contribution >= 4 is 11.8 Å². The molecule has 1 fully saturated rings. The van der Waals surface area contributed by atoms with E-state index in [4.69, 9.17) is 0 Å². The normalized spacial score (nSPS) is 15.0. The Balaban J connectivity index is 1.56. The van der Waals surface area contributed by atoms with E-state index in [0.29, 0.717) is 31.6 Å². The van der Waals surface area contributed by atoms with Gasteiger partial charge in [0.25, 0.3) is 11.8 Å². The van der Waals surface area contributed by atoms with Gasteiger partial charge < -0.3 is 20.4 Å². The Morgan fingerprint density at radius 1 is 1.08 bits per heavy atom. The monoisotopic (exact) mass is 341 g/mol. The number of hydrogen-bond donors (Lipinski definition) is 3. The van der Waals surface area contributed by atoms with Crippen LogP contribution in [0.3, 0.4) is 0 Å². The minimum atomic E-state index is -0.249. The van der Waals surface area contributed by atoms with Crippen LogP contribution in [0.1, 0.15) is 33.7 Å². The molecule has 1 aliphatic heterocycles. The van der Waals surface area contributed by atoms with Gasteiger partial charge in [0.15, 0.2) is 0 Å². The highest BCUT2D eigenvalue weighted by atomic mass is 16.3. The summed E-state index contributed by atoms with van der Waals surface area (Å²) in [6.07, 6.45) is 2.84. The fourth-order valence-electron chi connectivity index (χ4n) is 2.88. The van der Waals surface area contributed by atoms with Crippen LogP contribution in [-0.2, 0) is 0 Å². The predicted octanol–water partition coefficient (Wildman–Crippen LogP) is 1.53. The first-order chi connectivity index (χ1) is 12.0. The third-order valence-electron chi connectivity index (χ3n) is 4.16. The number of likely N-dealkylation sites (tertiary alicyclic amines) is 1. The van der Waals surface area contributed by atoms with E-state index >= 15 is 0 Å². The molecule has 1 aromatic carbocycles. The zero-order valence-corrected chi connectivity index (χ0v) is 13.6. The van der Waals surface area contributed by atoms with Crippen LogP contribution in [0.4, 0.5) is 0 Å². The van der Waals surface area contributed by atoms with Crippen molar-refractivity contribution in [3.05, 3.63) is 53.9 Å². The first-order valence-corrected chi connectivity index (χ1v) is 8.07. The van der Waals surface area contributed by atoms with Crippen molar-refractivity contribution in [1.82, 2.24) is 15.2 Å². The van der Waals surface area contributed by atoms with E-state index < -0.39 is 0 Å². The number of phenolic OH excluding ortho intramolecular Hbond substituents is 2. The summed E-state index contributed by atoms with van der Waals surface area (Å²) < 4.78 is 0. The summed E-state index contributed by atoms with van der Waals surface area (Å²) in [5.74, 6) is -0.772. The molecular formula is C18H19N3O4. The van der Waals surface area contributed by atoms with Crippen LogP contribution >= 0.6 is 0 Å². The van der Waals surface area contributed by atoms with Crippen LogP contribution in [0.25, 0.3) is 0 Å². The third kappa shape index (κ3) is 4.06. The summed E-state index contributed by atoms with van der Waals surface area (Å²) in [5.41, 5.74) is 0.615. The Hall–Kier alpha value is -3.09. The standard InChI is InChI=1S/C18H19N3O4/c22-14-9-12(10-15(23)11-14)18(25)21-7-4-13(5-8-21)20-17(24)16-3-1-2-6-19-16/h1-3,6,9-11,13,22-23H,4-5,7-8H2,(H,20,24). The van der Waals surface area contributed by atoms with Crippen molar-refractivity contribution in [2.45, 2.75) is 18.9 Å². The van der Waals surface area contributed by atoms with Gasteiger partial charge in [-0.05, 0) is 37.1 Å². The highest BCUT2D eigenvalue weighted by Gasteiger charge is 2.25. The number of amides is 2. The fourth-order valence-corrected chi connectivity index (χ4v) is 2.88. The molecule has 130 valence electrons. The van der Waals surface area contributed by atoms with Crippen LogP contribution in [0.2, 0.25) is 0 Å². The number of carbonyl (C=O) groups is 2. The zero-order chi connectivity index (χ0) is 17.8. The van der Waals surface area contributed by atoms with Gasteiger partial charge in [-0.2, -0.15) is 0 Å². The Morgan fingerprint density at radius 2 is 1.76 bits per heavy atom. The molecule has 1 saturated heterocycles. The van der Waals surface area contributed by atoms with Crippen LogP contribution < -0.4 is 5.32 Å². The lowest BCUT2D eigenvalue weighted by molar-refractivity contribution is 0.0697. The van der Waals surface area contributed by atoms with Crippen LogP contribution in [0.5, 0.6) is 11.5 Å². The van der Waals surface area contributed by atoms with Gasteiger partial charge in [0.05, 0.1) is 0 Å². The molecule has 0 aliphatic carbocycles. The average molecular weight is 341 g/mol. The third-order valence-corrected chi connectivity index (χ3v) is 4.16. The van der Waals surface area contributed by atoms with Crippen molar-refractivity contribution in [2.24, 2.45) is 0 Å². The maximum Gasteiger partial charge on any atom is 0.270 e. The number of benzene rings is 1. The molecule has 2 amide bonds. The fraction of sp³-hybridized carbons (Fsp3) is 0.278. The lowest BCUT2D eigenvalue weighted by atomic mass is 10.0. The van der Waals surface area contributed by atoms with Gasteiger partial charge in [0, 0.05) is 37.0 Å². The first-order valence-electron chi connectivity index (χ1n) is 8.07. The largest absolute Gasteiger partial charge is 0.508 e. The summed E-state index contributed by atoms with van der Waals surface area (Å²) in [5, 5.41) is 21.9. The highest BCUT2D eigenvalue weighted by Crippen LogP contribution is 2.22. The molecule has 7 nitrogen and oxygen atoms in total. The number of hydrogen-bond acceptors (Lipinski definition) is 5. The Kier molecular flexibility index (Phi) is 4.83. The molecule has 0 unspecified atom stereocenters. The molecule has 3 rings (SSSR count). The summed E-state index contributed by atoms with van der Waals surface area (Å²) in [6, 6.07) is 8.98. The van der Waals surface area contributed by atoms with Gasteiger partial charge in [0.1, 0.15) is 17.2 Å². The van der Waals surface area contributed by atoms with E-state index in [9.17, 15) is 19.8 Å². The minimum absolute atomic E-state index is 0.0175. The first kappa shape index (κ1) is 16.8. The molecule has 7 heteroatoms. The molecule has 2 heterocycles. The number of piperidine rings is 1. The molecule has 3 N–H and O–H groups in total. The van der Waals surface area contributed by atoms with Crippen molar-refractivity contribution in [1.29, 1.82) is 0 Å². The second kappa shape index (κ2) is 7.21. The zero-order valence-electron chi connectivity index (χ0n) is 13.6. The van der Waals surface area contributed by atoms with Crippen LogP contribution in [0, 0.1) is 0 Å². The number of pyridine rings is 1. The molecule has 1 aliphatic rings. The van der Waals surface area contributed by atoms with Gasteiger partial charge in [0.2, 0.25) is 0 Å². The number of phenols is 2. The minimum Gasteiger partial charge on any atom is -0.508 e. The smallest absolute Gasteiger partial charge is 0.270 e. The topological polar surface area (TPSA) is 103 Å². The summed E-state index contributed by atoms with van der Waals surface area (Å²) >= 11 is 0. The highest BCUT2D eigenvalue weighted by molar-refractivity contribution is 5.95. The maximum absolute atomic E-state index is 12.5. The SMILES string of the molecule is O=C(NC1CCN(C(=O)c2cc(O)cc(O)c2)CC1)c1ccccn1. The Bertz CT molecular complexity index is 751. The molecule has 1 aromatic heterocycles. The second-order valence-electron chi connectivity index (χ2n) is 5.99.